The summed E-state index contributed by atoms with van der Waals surface area (Å²) in [5.41, 5.74) is -0.303. The van der Waals surface area contributed by atoms with Crippen molar-refractivity contribution in [2.45, 2.75) is 38.3 Å². The molecule has 0 atom stereocenters. The van der Waals surface area contributed by atoms with Crippen molar-refractivity contribution in [2.75, 3.05) is 33.9 Å². The van der Waals surface area contributed by atoms with Crippen LogP contribution in [0.2, 0.25) is 0 Å². The Labute approximate surface area is 180 Å². The summed E-state index contributed by atoms with van der Waals surface area (Å²) in [6.45, 7) is 5.27. The smallest absolute Gasteiger partial charge is 0.410 e. The topological polar surface area (TPSA) is 111 Å². The number of ether oxygens (including phenoxy) is 3. The van der Waals surface area contributed by atoms with Crippen LogP contribution in [-0.2, 0) is 9.53 Å². The van der Waals surface area contributed by atoms with Crippen LogP contribution in [0, 0.1) is 10.1 Å². The van der Waals surface area contributed by atoms with Crippen molar-refractivity contribution < 1.29 is 28.7 Å². The fraction of sp³-hybridized carbons (Fsp3) is 0.524. The highest BCUT2D eigenvalue weighted by Gasteiger charge is 2.44. The molecule has 1 aromatic carbocycles. The lowest BCUT2D eigenvalue weighted by Crippen LogP contribution is -2.53. The Hall–Kier alpha value is -3.30. The summed E-state index contributed by atoms with van der Waals surface area (Å²) in [6.07, 6.45) is 3.72. The van der Waals surface area contributed by atoms with Crippen LogP contribution in [0.5, 0.6) is 11.5 Å². The summed E-state index contributed by atoms with van der Waals surface area (Å²) in [4.78, 5) is 39.1. The molecule has 0 aliphatic carbocycles. The van der Waals surface area contributed by atoms with E-state index in [-0.39, 0.29) is 40.6 Å². The molecule has 2 saturated heterocycles. The monoisotopic (exact) mass is 433 g/mol. The highest BCUT2D eigenvalue weighted by molar-refractivity contribution is 5.92. The maximum absolute atomic E-state index is 12.7. The summed E-state index contributed by atoms with van der Waals surface area (Å²) >= 11 is 0. The molecule has 0 spiro atoms. The number of hydrogen-bond acceptors (Lipinski definition) is 7. The van der Waals surface area contributed by atoms with Crippen LogP contribution < -0.4 is 9.47 Å². The van der Waals surface area contributed by atoms with E-state index >= 15 is 0 Å². The fourth-order valence-electron chi connectivity index (χ4n) is 4.05. The van der Waals surface area contributed by atoms with Gasteiger partial charge in [0.1, 0.15) is 6.61 Å². The summed E-state index contributed by atoms with van der Waals surface area (Å²) in [5.74, 6) is 0.329. The number of rotatable bonds is 6. The molecule has 10 nitrogen and oxygen atoms in total. The molecular formula is C21H27N3O7. The Morgan fingerprint density at radius 2 is 1.84 bits per heavy atom. The van der Waals surface area contributed by atoms with E-state index in [1.165, 1.54) is 38.5 Å². The Morgan fingerprint density at radius 3 is 2.35 bits per heavy atom. The molecule has 0 bridgehead atoms. The molecule has 0 aromatic heterocycles. The molecule has 0 radical (unpaired) electrons. The molecule has 2 fully saturated rings. The number of hydrogen-bond donors (Lipinski definition) is 0. The van der Waals surface area contributed by atoms with Crippen LogP contribution in [0.25, 0.3) is 6.08 Å². The highest BCUT2D eigenvalue weighted by atomic mass is 16.6. The molecule has 2 aliphatic rings. The molecule has 10 heteroatoms. The number of likely N-dealkylation sites (tertiary alicyclic amines) is 1. The minimum absolute atomic E-state index is 0.0185. The lowest BCUT2D eigenvalue weighted by Gasteiger charge is -2.40. The molecule has 2 heterocycles. The van der Waals surface area contributed by atoms with E-state index < -0.39 is 4.92 Å². The molecule has 31 heavy (non-hydrogen) atoms. The second-order valence-corrected chi connectivity index (χ2v) is 8.15. The van der Waals surface area contributed by atoms with Gasteiger partial charge in [0.25, 0.3) is 5.69 Å². The van der Waals surface area contributed by atoms with Crippen molar-refractivity contribution >= 4 is 23.8 Å². The van der Waals surface area contributed by atoms with Crippen molar-refractivity contribution in [3.05, 3.63) is 33.9 Å². The van der Waals surface area contributed by atoms with E-state index in [2.05, 4.69) is 0 Å². The van der Waals surface area contributed by atoms with Gasteiger partial charge < -0.3 is 19.1 Å². The average molecular weight is 433 g/mol. The summed E-state index contributed by atoms with van der Waals surface area (Å²) in [7, 11) is 2.83. The first kappa shape index (κ1) is 22.4. The predicted octanol–water partition coefficient (Wildman–Crippen LogP) is 2.85. The molecule has 0 saturated carbocycles. The van der Waals surface area contributed by atoms with Crippen LogP contribution in [0.15, 0.2) is 18.2 Å². The molecule has 0 N–H and O–H groups in total. The molecule has 1 aromatic rings. The van der Waals surface area contributed by atoms with E-state index in [4.69, 9.17) is 14.2 Å². The van der Waals surface area contributed by atoms with Gasteiger partial charge in [-0.25, -0.2) is 4.79 Å². The zero-order valence-electron chi connectivity index (χ0n) is 18.1. The normalized spacial score (nSPS) is 18.9. The number of nitro benzene ring substituents is 1. The van der Waals surface area contributed by atoms with Crippen LogP contribution in [0.3, 0.4) is 0 Å². The molecule has 3 rings (SSSR count). The minimum atomic E-state index is -0.533. The number of carbonyl (C=O) groups excluding carboxylic acids is 2. The summed E-state index contributed by atoms with van der Waals surface area (Å²) in [6, 6.07) is 2.75. The van der Waals surface area contributed by atoms with Crippen molar-refractivity contribution in [1.29, 1.82) is 0 Å². The predicted molar refractivity (Wildman–Crippen MR) is 112 cm³/mol. The van der Waals surface area contributed by atoms with Gasteiger partial charge in [-0.2, -0.15) is 0 Å². The standard InChI is InChI=1S/C21H27N3O7/c1-21(2)13-31-20(26)23(21)15-7-9-22(10-8-15)19(25)6-5-14-11-17(29-3)18(30-4)12-16(14)24(27)28/h5-6,11-12,15H,7-10,13H2,1-4H3. The van der Waals surface area contributed by atoms with Gasteiger partial charge in [0.15, 0.2) is 11.5 Å². The van der Waals surface area contributed by atoms with E-state index in [0.29, 0.717) is 38.3 Å². The largest absolute Gasteiger partial charge is 0.493 e. The SMILES string of the molecule is COc1cc(C=CC(=O)N2CCC(N3C(=O)OCC3(C)C)CC2)c([N+](=O)[O-])cc1OC. The Bertz CT molecular complexity index is 904. The number of amides is 2. The van der Waals surface area contributed by atoms with E-state index in [1.54, 1.807) is 9.80 Å². The number of piperidine rings is 1. The third-order valence-electron chi connectivity index (χ3n) is 5.67. The Kier molecular flexibility index (Phi) is 6.37. The van der Waals surface area contributed by atoms with Crippen molar-refractivity contribution in [1.82, 2.24) is 9.80 Å². The molecule has 0 unspecified atom stereocenters. The second kappa shape index (κ2) is 8.83. The Balaban J connectivity index is 1.69. The van der Waals surface area contributed by atoms with Gasteiger partial charge in [0, 0.05) is 25.2 Å². The molecule has 2 aliphatic heterocycles. The van der Waals surface area contributed by atoms with Gasteiger partial charge in [-0.05, 0) is 38.8 Å². The van der Waals surface area contributed by atoms with E-state index in [1.807, 2.05) is 13.8 Å². The van der Waals surface area contributed by atoms with Crippen molar-refractivity contribution in [3.8, 4) is 11.5 Å². The van der Waals surface area contributed by atoms with E-state index in [0.717, 1.165) is 0 Å². The van der Waals surface area contributed by atoms with Gasteiger partial charge in [-0.1, -0.05) is 0 Å². The number of benzene rings is 1. The van der Waals surface area contributed by atoms with Crippen LogP contribution >= 0.6 is 0 Å². The van der Waals surface area contributed by atoms with Gasteiger partial charge >= 0.3 is 6.09 Å². The average Bonchev–Trinajstić information content (AvgIpc) is 3.03. The van der Waals surface area contributed by atoms with Crippen LogP contribution in [-0.4, -0.2) is 72.2 Å². The van der Waals surface area contributed by atoms with Crippen molar-refractivity contribution in [2.24, 2.45) is 0 Å². The number of nitrogens with zero attached hydrogens (tertiary/aromatic N) is 3. The highest BCUT2D eigenvalue weighted by Crippen LogP contribution is 2.35. The van der Waals surface area contributed by atoms with E-state index in [9.17, 15) is 19.7 Å². The minimum Gasteiger partial charge on any atom is -0.493 e. The number of methoxy groups -OCH3 is 2. The molecule has 2 amide bonds. The maximum Gasteiger partial charge on any atom is 0.410 e. The first-order valence-corrected chi connectivity index (χ1v) is 10.0. The van der Waals surface area contributed by atoms with Gasteiger partial charge in [0.05, 0.1) is 36.3 Å². The first-order valence-electron chi connectivity index (χ1n) is 10.0. The first-order chi connectivity index (χ1) is 14.7. The molecular weight excluding hydrogens is 406 g/mol. The molecule has 168 valence electrons. The zero-order valence-corrected chi connectivity index (χ0v) is 18.1. The number of cyclic esters (lactones) is 1. The zero-order chi connectivity index (χ0) is 22.8. The lowest BCUT2D eigenvalue weighted by atomic mass is 9.97. The van der Waals surface area contributed by atoms with Crippen LogP contribution in [0.1, 0.15) is 32.3 Å². The number of carbonyl (C=O) groups is 2. The maximum atomic E-state index is 12.7. The van der Waals surface area contributed by atoms with Gasteiger partial charge in [0.2, 0.25) is 5.91 Å². The van der Waals surface area contributed by atoms with Gasteiger partial charge in [-0.15, -0.1) is 0 Å². The van der Waals surface area contributed by atoms with Crippen LogP contribution in [0.4, 0.5) is 10.5 Å². The van der Waals surface area contributed by atoms with Crippen molar-refractivity contribution in [3.63, 3.8) is 0 Å². The fourth-order valence-corrected chi connectivity index (χ4v) is 4.05. The summed E-state index contributed by atoms with van der Waals surface area (Å²) in [5, 5.41) is 11.4. The number of nitro groups is 1. The second-order valence-electron chi connectivity index (χ2n) is 8.15. The van der Waals surface area contributed by atoms with Gasteiger partial charge in [-0.3, -0.25) is 19.8 Å². The third-order valence-corrected chi connectivity index (χ3v) is 5.67. The third kappa shape index (κ3) is 4.57. The summed E-state index contributed by atoms with van der Waals surface area (Å²) < 4.78 is 15.5. The lowest BCUT2D eigenvalue weighted by molar-refractivity contribution is -0.385. The Morgan fingerprint density at radius 1 is 1.23 bits per heavy atom. The quantitative estimate of drug-likeness (QED) is 0.385.